The molecular formula is C42H78ClNO4. The molecule has 1 saturated heterocycles. The molecule has 0 aliphatic carbocycles. The lowest BCUT2D eigenvalue weighted by Gasteiger charge is -2.22. The van der Waals surface area contributed by atoms with Crippen molar-refractivity contribution in [1.82, 2.24) is 0 Å². The molecule has 0 aromatic rings. The highest BCUT2D eigenvalue weighted by Gasteiger charge is 2.45. The lowest BCUT2D eigenvalue weighted by Crippen LogP contribution is -3.00. The number of likely N-dealkylation sites (tertiary alicyclic amines) is 1. The normalized spacial score (nSPS) is 17.2. The molecule has 0 aromatic heterocycles. The lowest BCUT2D eigenvalue weighted by molar-refractivity contribution is -0.880. The number of rotatable bonds is 32. The van der Waals surface area contributed by atoms with Crippen LogP contribution in [0.15, 0.2) is 24.3 Å². The molecule has 1 rings (SSSR count). The summed E-state index contributed by atoms with van der Waals surface area (Å²) >= 11 is 0. The van der Waals surface area contributed by atoms with E-state index in [2.05, 4.69) is 52.2 Å². The van der Waals surface area contributed by atoms with Gasteiger partial charge < -0.3 is 26.4 Å². The molecule has 1 aliphatic heterocycles. The van der Waals surface area contributed by atoms with E-state index in [0.29, 0.717) is 30.4 Å². The van der Waals surface area contributed by atoms with Gasteiger partial charge in [0.25, 0.3) is 0 Å². The molecule has 0 spiro atoms. The predicted octanol–water partition coefficient (Wildman–Crippen LogP) is 8.98. The molecule has 2 atom stereocenters. The van der Waals surface area contributed by atoms with Gasteiger partial charge in [-0.15, -0.1) is 0 Å². The minimum Gasteiger partial charge on any atom is -1.00 e. The van der Waals surface area contributed by atoms with Crippen LogP contribution in [0.2, 0.25) is 0 Å². The van der Waals surface area contributed by atoms with E-state index in [-0.39, 0.29) is 36.6 Å². The molecule has 1 aliphatic rings. The summed E-state index contributed by atoms with van der Waals surface area (Å²) in [6, 6.07) is 0. The summed E-state index contributed by atoms with van der Waals surface area (Å²) in [5.74, 6) is -0.291. The van der Waals surface area contributed by atoms with Gasteiger partial charge in [-0.05, 0) is 64.2 Å². The number of carbonyl (C=O) groups excluding carboxylic acids is 2. The fourth-order valence-corrected chi connectivity index (χ4v) is 6.65. The van der Waals surface area contributed by atoms with Crippen molar-refractivity contribution in [2.75, 3.05) is 27.2 Å². The van der Waals surface area contributed by atoms with Crippen LogP contribution in [0.1, 0.15) is 194 Å². The van der Waals surface area contributed by atoms with Gasteiger partial charge in [0.1, 0.15) is 13.1 Å². The number of allylic oxidation sites excluding steroid dienone is 4. The molecule has 0 bridgehead atoms. The first-order valence-electron chi connectivity index (χ1n) is 20.4. The van der Waals surface area contributed by atoms with Gasteiger partial charge in [-0.3, -0.25) is 9.59 Å². The van der Waals surface area contributed by atoms with Crippen LogP contribution >= 0.6 is 0 Å². The maximum Gasteiger partial charge on any atom is 0.306 e. The van der Waals surface area contributed by atoms with Gasteiger partial charge in [-0.2, -0.15) is 0 Å². The Morgan fingerprint density at radius 3 is 1.06 bits per heavy atom. The van der Waals surface area contributed by atoms with Crippen molar-refractivity contribution in [3.05, 3.63) is 24.3 Å². The van der Waals surface area contributed by atoms with E-state index in [1.807, 2.05) is 0 Å². The van der Waals surface area contributed by atoms with Gasteiger partial charge in [0, 0.05) is 12.8 Å². The molecule has 0 saturated carbocycles. The zero-order valence-corrected chi connectivity index (χ0v) is 32.9. The Morgan fingerprint density at radius 1 is 0.479 bits per heavy atom. The highest BCUT2D eigenvalue weighted by atomic mass is 35.5. The standard InChI is InChI=1S/C42H78NO4.ClH/c1-5-7-9-11-13-15-17-19-21-23-25-27-29-31-33-35-41(44)46-39-37-43(3,4)38-40(39)47-42(45)36-34-32-30-28-26-24-22-20-18-16-14-12-10-8-6-2;/h19-22,39-40H,5-18,23-38H2,1-4H3;1H/q+1;/p-1/b21-19-,22-20-;/t39-,40-;/m1./s1. The third-order valence-corrected chi connectivity index (χ3v) is 9.61. The number of nitrogens with zero attached hydrogens (tertiary/aromatic N) is 1. The topological polar surface area (TPSA) is 52.6 Å². The van der Waals surface area contributed by atoms with Crippen molar-refractivity contribution >= 4 is 11.9 Å². The fraction of sp³-hybridized carbons (Fsp3) is 0.857. The Balaban J connectivity index is 0.0000221. The Labute approximate surface area is 304 Å². The summed E-state index contributed by atoms with van der Waals surface area (Å²) in [5.41, 5.74) is 0. The van der Waals surface area contributed by atoms with Crippen LogP contribution in [-0.2, 0) is 19.1 Å². The largest absolute Gasteiger partial charge is 1.00 e. The molecule has 5 nitrogen and oxygen atoms in total. The smallest absolute Gasteiger partial charge is 0.306 e. The molecular weight excluding hydrogens is 618 g/mol. The summed E-state index contributed by atoms with van der Waals surface area (Å²) in [6.45, 7) is 5.93. The van der Waals surface area contributed by atoms with Crippen LogP contribution in [0, 0.1) is 0 Å². The number of carbonyl (C=O) groups is 2. The second kappa shape index (κ2) is 32.9. The molecule has 1 fully saturated rings. The summed E-state index contributed by atoms with van der Waals surface area (Å²) in [4.78, 5) is 25.2. The Hall–Kier alpha value is -1.33. The SMILES string of the molecule is CCCCCCCC/C=C\CCCCCCCC(=O)O[C@@H]1C[N+](C)(C)C[C@H]1OC(=O)CCCCCCC/C=C\CCCCCCCC.[Cl-]. The maximum absolute atomic E-state index is 12.6. The number of ether oxygens (including phenoxy) is 2. The number of likely N-dealkylation sites (N-methyl/N-ethyl adjacent to an activating group) is 1. The van der Waals surface area contributed by atoms with Gasteiger partial charge in [-0.25, -0.2) is 0 Å². The van der Waals surface area contributed by atoms with E-state index in [1.54, 1.807) is 0 Å². The first-order valence-corrected chi connectivity index (χ1v) is 20.4. The lowest BCUT2D eigenvalue weighted by atomic mass is 10.1. The van der Waals surface area contributed by atoms with Crippen LogP contribution in [0.4, 0.5) is 0 Å². The highest BCUT2D eigenvalue weighted by molar-refractivity contribution is 5.70. The third-order valence-electron chi connectivity index (χ3n) is 9.61. The minimum absolute atomic E-state index is 0. The number of halogens is 1. The fourth-order valence-electron chi connectivity index (χ4n) is 6.65. The Morgan fingerprint density at radius 2 is 0.750 bits per heavy atom. The third kappa shape index (κ3) is 28.5. The van der Waals surface area contributed by atoms with Crippen molar-refractivity contribution < 1.29 is 36.0 Å². The van der Waals surface area contributed by atoms with Gasteiger partial charge >= 0.3 is 11.9 Å². The van der Waals surface area contributed by atoms with E-state index < -0.39 is 0 Å². The minimum atomic E-state index is -0.335. The van der Waals surface area contributed by atoms with E-state index in [9.17, 15) is 9.59 Å². The van der Waals surface area contributed by atoms with Crippen molar-refractivity contribution in [2.24, 2.45) is 0 Å². The summed E-state index contributed by atoms with van der Waals surface area (Å²) in [6.07, 6.45) is 42.0. The van der Waals surface area contributed by atoms with Crippen LogP contribution in [0.5, 0.6) is 0 Å². The quantitative estimate of drug-likeness (QED) is 0.0305. The van der Waals surface area contributed by atoms with Gasteiger partial charge in [0.15, 0.2) is 12.2 Å². The summed E-state index contributed by atoms with van der Waals surface area (Å²) < 4.78 is 12.4. The average Bonchev–Trinajstić information content (AvgIpc) is 3.32. The molecule has 282 valence electrons. The highest BCUT2D eigenvalue weighted by Crippen LogP contribution is 2.23. The van der Waals surface area contributed by atoms with E-state index in [4.69, 9.17) is 9.47 Å². The van der Waals surface area contributed by atoms with Gasteiger partial charge in [0.2, 0.25) is 0 Å². The van der Waals surface area contributed by atoms with Crippen LogP contribution in [0.3, 0.4) is 0 Å². The summed E-state index contributed by atoms with van der Waals surface area (Å²) in [5, 5.41) is 0. The average molecular weight is 697 g/mol. The second-order valence-electron chi connectivity index (χ2n) is 15.0. The van der Waals surface area contributed by atoms with Crippen molar-refractivity contribution in [3.8, 4) is 0 Å². The molecule has 1 heterocycles. The number of hydrogen-bond acceptors (Lipinski definition) is 4. The van der Waals surface area contributed by atoms with E-state index >= 15 is 0 Å². The first-order chi connectivity index (χ1) is 22.9. The van der Waals surface area contributed by atoms with Crippen molar-refractivity contribution in [3.63, 3.8) is 0 Å². The molecule has 0 radical (unpaired) electrons. The zero-order chi connectivity index (χ0) is 34.3. The van der Waals surface area contributed by atoms with E-state index in [1.165, 1.54) is 141 Å². The number of esters is 2. The van der Waals surface area contributed by atoms with Gasteiger partial charge in [0.05, 0.1) is 14.1 Å². The molecule has 0 N–H and O–H groups in total. The predicted molar refractivity (Wildman–Crippen MR) is 201 cm³/mol. The van der Waals surface area contributed by atoms with Crippen molar-refractivity contribution in [2.45, 2.75) is 206 Å². The number of unbranched alkanes of at least 4 members (excludes halogenated alkanes) is 22. The molecule has 6 heteroatoms. The second-order valence-corrected chi connectivity index (χ2v) is 15.0. The number of hydrogen-bond donors (Lipinski definition) is 0. The van der Waals surface area contributed by atoms with Gasteiger partial charge in [-0.1, -0.05) is 141 Å². The Kier molecular flexibility index (Phi) is 31.9. The van der Waals surface area contributed by atoms with Crippen LogP contribution in [-0.4, -0.2) is 55.8 Å². The Bertz CT molecular complexity index is 747. The van der Waals surface area contributed by atoms with E-state index in [0.717, 1.165) is 25.7 Å². The van der Waals surface area contributed by atoms with Crippen LogP contribution < -0.4 is 12.4 Å². The molecule has 48 heavy (non-hydrogen) atoms. The summed E-state index contributed by atoms with van der Waals surface area (Å²) in [7, 11) is 4.23. The number of quaternary nitrogens is 1. The molecule has 0 amide bonds. The van der Waals surface area contributed by atoms with Crippen molar-refractivity contribution in [1.29, 1.82) is 0 Å². The maximum atomic E-state index is 12.6. The van der Waals surface area contributed by atoms with Crippen LogP contribution in [0.25, 0.3) is 0 Å². The molecule has 0 aromatic carbocycles. The zero-order valence-electron chi connectivity index (χ0n) is 32.1. The first kappa shape index (κ1) is 46.7. The molecule has 0 unspecified atom stereocenters. The monoisotopic (exact) mass is 696 g/mol.